The highest BCUT2D eigenvalue weighted by Gasteiger charge is 2.05. The van der Waals surface area contributed by atoms with Gasteiger partial charge in [0.15, 0.2) is 5.78 Å². The summed E-state index contributed by atoms with van der Waals surface area (Å²) in [5.74, 6) is 1.20. The lowest BCUT2D eigenvalue weighted by Crippen LogP contribution is -2.07. The van der Waals surface area contributed by atoms with Crippen molar-refractivity contribution in [2.24, 2.45) is 0 Å². The quantitative estimate of drug-likeness (QED) is 0.0581. The third-order valence-corrected chi connectivity index (χ3v) is 6.49. The fourth-order valence-corrected chi connectivity index (χ4v) is 4.16. The van der Waals surface area contributed by atoms with Gasteiger partial charge in [0.1, 0.15) is 11.5 Å². The molecule has 0 aliphatic rings. The number of allylic oxidation sites excluding steroid dienone is 2. The number of hydrogen-bond acceptors (Lipinski definition) is 4. The first-order valence-electron chi connectivity index (χ1n) is 14.0. The molecule has 4 heteroatoms. The summed E-state index contributed by atoms with van der Waals surface area (Å²) in [6, 6.07) is 24.5. The van der Waals surface area contributed by atoms with E-state index in [2.05, 4.69) is 6.58 Å². The summed E-state index contributed by atoms with van der Waals surface area (Å²) < 4.78 is 11.3. The monoisotopic (exact) mass is 524 g/mol. The average molecular weight is 525 g/mol. The Balaban J connectivity index is 1.18. The predicted octanol–water partition coefficient (Wildman–Crippen LogP) is 9.11. The second-order valence-electron chi connectivity index (χ2n) is 9.84. The maximum Gasteiger partial charge on any atom is 0.311 e. The number of esters is 1. The van der Waals surface area contributed by atoms with Gasteiger partial charge in [0.25, 0.3) is 0 Å². The number of ketones is 1. The lowest BCUT2D eigenvalue weighted by molar-refractivity contribution is -0.134. The van der Waals surface area contributed by atoms with E-state index in [0.717, 1.165) is 54.7 Å². The van der Waals surface area contributed by atoms with Crippen LogP contribution in [0.2, 0.25) is 0 Å². The minimum Gasteiger partial charge on any atom is -0.494 e. The summed E-state index contributed by atoms with van der Waals surface area (Å²) in [6.45, 7) is 6.71. The molecule has 0 saturated carbocycles. The molecular weight excluding hydrogens is 484 g/mol. The fraction of sp³-hybridized carbons (Fsp3) is 0.314. The van der Waals surface area contributed by atoms with Gasteiger partial charge in [-0.3, -0.25) is 9.59 Å². The number of carbonyl (C=O) groups excluding carboxylic acids is 2. The van der Waals surface area contributed by atoms with Gasteiger partial charge in [0.05, 0.1) is 6.61 Å². The first-order valence-corrected chi connectivity index (χ1v) is 14.0. The summed E-state index contributed by atoms with van der Waals surface area (Å²) in [4.78, 5) is 24.3. The molecule has 204 valence electrons. The normalized spacial score (nSPS) is 10.9. The Hall–Kier alpha value is -3.92. The third-order valence-electron chi connectivity index (χ3n) is 6.49. The molecule has 0 spiro atoms. The zero-order chi connectivity index (χ0) is 27.7. The van der Waals surface area contributed by atoms with Crippen LogP contribution in [0.15, 0.2) is 91.5 Å². The van der Waals surface area contributed by atoms with Crippen molar-refractivity contribution in [3.63, 3.8) is 0 Å². The summed E-state index contributed by atoms with van der Waals surface area (Å²) in [6.07, 6.45) is 12.6. The molecular formula is C35H40O4. The van der Waals surface area contributed by atoms with Gasteiger partial charge >= 0.3 is 5.97 Å². The first kappa shape index (κ1) is 29.6. The molecule has 0 saturated heterocycles. The molecule has 0 radical (unpaired) electrons. The molecule has 0 heterocycles. The van der Waals surface area contributed by atoms with Crippen LogP contribution in [0, 0.1) is 0 Å². The summed E-state index contributed by atoms with van der Waals surface area (Å²) in [7, 11) is 0. The average Bonchev–Trinajstić information content (AvgIpc) is 2.96. The van der Waals surface area contributed by atoms with Gasteiger partial charge in [-0.2, -0.15) is 0 Å². The van der Waals surface area contributed by atoms with E-state index in [4.69, 9.17) is 9.47 Å². The van der Waals surface area contributed by atoms with Crippen molar-refractivity contribution in [2.75, 3.05) is 6.61 Å². The van der Waals surface area contributed by atoms with Gasteiger partial charge in [-0.1, -0.05) is 111 Å². The smallest absolute Gasteiger partial charge is 0.311 e. The number of carbonyl (C=O) groups is 2. The summed E-state index contributed by atoms with van der Waals surface area (Å²) >= 11 is 0. The van der Waals surface area contributed by atoms with Gasteiger partial charge in [-0.25, -0.2) is 0 Å². The Labute approximate surface area is 233 Å². The van der Waals surface area contributed by atoms with E-state index in [1.165, 1.54) is 25.7 Å². The number of hydrogen-bond donors (Lipinski definition) is 0. The Kier molecular flexibility index (Phi) is 12.8. The number of benzene rings is 3. The van der Waals surface area contributed by atoms with Crippen molar-refractivity contribution >= 4 is 23.4 Å². The molecule has 0 aliphatic heterocycles. The molecule has 4 nitrogen and oxygen atoms in total. The highest BCUT2D eigenvalue weighted by Crippen LogP contribution is 2.18. The van der Waals surface area contributed by atoms with Crippen LogP contribution in [0.4, 0.5) is 0 Å². The van der Waals surface area contributed by atoms with Crippen LogP contribution in [0.5, 0.6) is 11.5 Å². The molecule has 0 aromatic heterocycles. The van der Waals surface area contributed by atoms with Crippen LogP contribution >= 0.6 is 0 Å². The number of unbranched alkanes of at least 4 members (excludes halogenated alkanes) is 7. The molecule has 0 atom stereocenters. The first-order chi connectivity index (χ1) is 19.0. The Morgan fingerprint density at radius 2 is 1.28 bits per heavy atom. The van der Waals surface area contributed by atoms with Gasteiger partial charge in [-0.05, 0) is 61.2 Å². The molecule has 0 unspecified atom stereocenters. The summed E-state index contributed by atoms with van der Waals surface area (Å²) in [5.41, 5.74) is 3.74. The van der Waals surface area contributed by atoms with E-state index in [0.29, 0.717) is 17.7 Å². The van der Waals surface area contributed by atoms with Crippen LogP contribution in [0.3, 0.4) is 0 Å². The van der Waals surface area contributed by atoms with E-state index in [1.807, 2.05) is 61.5 Å². The maximum absolute atomic E-state index is 12.2. The maximum atomic E-state index is 12.2. The van der Waals surface area contributed by atoms with Crippen LogP contribution in [-0.4, -0.2) is 18.4 Å². The second kappa shape index (κ2) is 16.8. The van der Waals surface area contributed by atoms with E-state index in [1.54, 1.807) is 36.4 Å². The van der Waals surface area contributed by atoms with Crippen LogP contribution < -0.4 is 9.47 Å². The standard InChI is InChI=1S/C35H40O4/c1-28(2)30-20-24-32(25-21-30)38-27-13-8-6-4-3-5-7-12-16-35(37)39-33-22-17-29(18-23-33)19-26-34(36)31-14-10-9-11-15-31/h9-11,14-15,17-26H,1,3-8,12-13,16,27H2,2H3. The molecule has 39 heavy (non-hydrogen) atoms. The van der Waals surface area contributed by atoms with Gasteiger partial charge < -0.3 is 9.47 Å². The zero-order valence-corrected chi connectivity index (χ0v) is 23.1. The van der Waals surface area contributed by atoms with Gasteiger partial charge in [-0.15, -0.1) is 0 Å². The fourth-order valence-electron chi connectivity index (χ4n) is 4.16. The Bertz CT molecular complexity index is 1190. The van der Waals surface area contributed by atoms with E-state index < -0.39 is 0 Å². The zero-order valence-electron chi connectivity index (χ0n) is 23.1. The van der Waals surface area contributed by atoms with E-state index in [9.17, 15) is 9.59 Å². The second-order valence-corrected chi connectivity index (χ2v) is 9.84. The van der Waals surface area contributed by atoms with E-state index >= 15 is 0 Å². The summed E-state index contributed by atoms with van der Waals surface area (Å²) in [5, 5.41) is 0. The predicted molar refractivity (Wildman–Crippen MR) is 160 cm³/mol. The highest BCUT2D eigenvalue weighted by atomic mass is 16.5. The SMILES string of the molecule is C=C(C)c1ccc(OCCCCCCCCCCC(=O)Oc2ccc(C=CC(=O)c3ccccc3)cc2)cc1. The molecule has 0 bridgehead atoms. The minimum absolute atomic E-state index is 0.0440. The molecule has 3 aromatic rings. The van der Waals surface area contributed by atoms with Gasteiger partial charge in [0.2, 0.25) is 0 Å². The third kappa shape index (κ3) is 11.6. The largest absolute Gasteiger partial charge is 0.494 e. The van der Waals surface area contributed by atoms with Crippen LogP contribution in [-0.2, 0) is 4.79 Å². The number of ether oxygens (including phenoxy) is 2. The Morgan fingerprint density at radius 3 is 1.92 bits per heavy atom. The van der Waals surface area contributed by atoms with Gasteiger partial charge in [0, 0.05) is 12.0 Å². The Morgan fingerprint density at radius 1 is 0.692 bits per heavy atom. The van der Waals surface area contributed by atoms with Crippen molar-refractivity contribution in [3.8, 4) is 11.5 Å². The van der Waals surface area contributed by atoms with Crippen LogP contribution in [0.1, 0.15) is 86.2 Å². The molecule has 0 N–H and O–H groups in total. The molecule has 3 aromatic carbocycles. The van der Waals surface area contributed by atoms with Crippen molar-refractivity contribution in [3.05, 3.63) is 108 Å². The van der Waals surface area contributed by atoms with Crippen molar-refractivity contribution in [2.45, 2.75) is 64.7 Å². The molecule has 3 rings (SSSR count). The van der Waals surface area contributed by atoms with E-state index in [-0.39, 0.29) is 11.8 Å². The molecule has 0 fully saturated rings. The van der Waals surface area contributed by atoms with Crippen molar-refractivity contribution in [1.29, 1.82) is 0 Å². The van der Waals surface area contributed by atoms with Crippen LogP contribution in [0.25, 0.3) is 11.6 Å². The lowest BCUT2D eigenvalue weighted by Gasteiger charge is -2.07. The molecule has 0 aliphatic carbocycles. The highest BCUT2D eigenvalue weighted by molar-refractivity contribution is 6.06. The minimum atomic E-state index is -0.202. The topological polar surface area (TPSA) is 52.6 Å². The van der Waals surface area contributed by atoms with Crippen molar-refractivity contribution in [1.82, 2.24) is 0 Å². The lowest BCUT2D eigenvalue weighted by atomic mass is 10.1. The number of rotatable bonds is 17. The molecule has 0 amide bonds. The van der Waals surface area contributed by atoms with Crippen molar-refractivity contribution < 1.29 is 19.1 Å².